The summed E-state index contributed by atoms with van der Waals surface area (Å²) in [6, 6.07) is 7.61. The molecule has 116 valence electrons. The summed E-state index contributed by atoms with van der Waals surface area (Å²) in [7, 11) is 4.08. The van der Waals surface area contributed by atoms with E-state index in [0.717, 1.165) is 37.0 Å². The molecule has 1 fully saturated rings. The van der Waals surface area contributed by atoms with E-state index in [1.54, 1.807) is 0 Å². The molecule has 1 aromatic rings. The summed E-state index contributed by atoms with van der Waals surface area (Å²) in [6.07, 6.45) is 6.69. The highest BCUT2D eigenvalue weighted by Gasteiger charge is 2.40. The maximum Gasteiger partial charge on any atom is 0.183 e. The fourth-order valence-electron chi connectivity index (χ4n) is 3.33. The number of carbonyl (C=O) groups is 1. The van der Waals surface area contributed by atoms with E-state index in [0.29, 0.717) is 6.61 Å². The highest BCUT2D eigenvalue weighted by Crippen LogP contribution is 2.34. The molecule has 0 aromatic heterocycles. The Morgan fingerprint density at radius 3 is 2.14 bits per heavy atom. The minimum absolute atomic E-state index is 0.262. The van der Waals surface area contributed by atoms with Crippen molar-refractivity contribution in [1.29, 1.82) is 0 Å². The fourth-order valence-corrected chi connectivity index (χ4v) is 3.33. The van der Waals surface area contributed by atoms with Gasteiger partial charge in [0, 0.05) is 5.56 Å². The van der Waals surface area contributed by atoms with Crippen LogP contribution in [-0.2, 0) is 0 Å². The van der Waals surface area contributed by atoms with Crippen LogP contribution < -0.4 is 4.74 Å². The summed E-state index contributed by atoms with van der Waals surface area (Å²) in [5.74, 6) is 1.09. The largest absolute Gasteiger partial charge is 0.494 e. The van der Waals surface area contributed by atoms with Gasteiger partial charge in [-0.25, -0.2) is 0 Å². The van der Waals surface area contributed by atoms with Crippen molar-refractivity contribution in [1.82, 2.24) is 4.90 Å². The van der Waals surface area contributed by atoms with Gasteiger partial charge < -0.3 is 4.74 Å². The molecule has 1 aliphatic rings. The monoisotopic (exact) mass is 289 g/mol. The van der Waals surface area contributed by atoms with Gasteiger partial charge in [0.05, 0.1) is 12.1 Å². The van der Waals surface area contributed by atoms with Crippen LogP contribution in [-0.4, -0.2) is 36.9 Å². The van der Waals surface area contributed by atoms with E-state index >= 15 is 0 Å². The molecule has 3 heteroatoms. The van der Waals surface area contributed by atoms with Gasteiger partial charge in [0.15, 0.2) is 5.78 Å². The number of hydrogen-bond donors (Lipinski definition) is 0. The summed E-state index contributed by atoms with van der Waals surface area (Å²) in [6.45, 7) is 2.61. The number of ether oxygens (including phenoxy) is 1. The standard InChI is InChI=1S/C18H27NO2/c1-4-21-16-11-9-15(10-12-16)17(20)18(19(2)3)13-7-5-6-8-14-18/h9-12H,4-8,13-14H2,1-3H3. The summed E-state index contributed by atoms with van der Waals surface area (Å²) in [5.41, 5.74) is 0.470. The Bertz CT molecular complexity index is 457. The van der Waals surface area contributed by atoms with Gasteiger partial charge in [0.1, 0.15) is 5.75 Å². The van der Waals surface area contributed by atoms with Crippen LogP contribution in [0.2, 0.25) is 0 Å². The molecule has 0 amide bonds. The molecule has 1 aromatic carbocycles. The Labute approximate surface area is 128 Å². The Morgan fingerprint density at radius 2 is 1.67 bits per heavy atom. The third-order valence-electron chi connectivity index (χ3n) is 4.64. The average molecular weight is 289 g/mol. The number of ketones is 1. The van der Waals surface area contributed by atoms with E-state index in [1.165, 1.54) is 12.8 Å². The highest BCUT2D eigenvalue weighted by molar-refractivity contribution is 6.03. The van der Waals surface area contributed by atoms with Gasteiger partial charge in [-0.2, -0.15) is 0 Å². The van der Waals surface area contributed by atoms with Crippen molar-refractivity contribution < 1.29 is 9.53 Å². The summed E-state index contributed by atoms with van der Waals surface area (Å²) in [4.78, 5) is 15.2. The van der Waals surface area contributed by atoms with Crippen LogP contribution in [0.15, 0.2) is 24.3 Å². The van der Waals surface area contributed by atoms with E-state index in [9.17, 15) is 4.79 Å². The molecule has 0 N–H and O–H groups in total. The van der Waals surface area contributed by atoms with Crippen LogP contribution in [0.5, 0.6) is 5.75 Å². The van der Waals surface area contributed by atoms with Crippen LogP contribution in [0.3, 0.4) is 0 Å². The van der Waals surface area contributed by atoms with Gasteiger partial charge in [-0.1, -0.05) is 25.7 Å². The van der Waals surface area contributed by atoms with Crippen LogP contribution in [0.25, 0.3) is 0 Å². The molecular formula is C18H27NO2. The van der Waals surface area contributed by atoms with E-state index < -0.39 is 0 Å². The minimum atomic E-state index is -0.330. The van der Waals surface area contributed by atoms with Crippen LogP contribution in [0.1, 0.15) is 55.8 Å². The van der Waals surface area contributed by atoms with Crippen molar-refractivity contribution in [2.75, 3.05) is 20.7 Å². The second-order valence-corrected chi connectivity index (χ2v) is 6.13. The lowest BCUT2D eigenvalue weighted by Crippen LogP contribution is -2.50. The number of Topliss-reactive ketones (excluding diaryl/α,β-unsaturated/α-hetero) is 1. The quantitative estimate of drug-likeness (QED) is 0.608. The first kappa shape index (κ1) is 16.0. The van der Waals surface area contributed by atoms with Crippen molar-refractivity contribution in [2.24, 2.45) is 0 Å². The Morgan fingerprint density at radius 1 is 1.10 bits per heavy atom. The number of hydrogen-bond acceptors (Lipinski definition) is 3. The molecule has 0 heterocycles. The molecule has 0 spiro atoms. The molecular weight excluding hydrogens is 262 g/mol. The van der Waals surface area contributed by atoms with Crippen molar-refractivity contribution in [3.63, 3.8) is 0 Å². The van der Waals surface area contributed by atoms with Crippen molar-refractivity contribution in [2.45, 2.75) is 51.0 Å². The summed E-state index contributed by atoms with van der Waals surface area (Å²) >= 11 is 0. The molecule has 0 aliphatic heterocycles. The molecule has 0 unspecified atom stereocenters. The lowest BCUT2D eigenvalue weighted by molar-refractivity contribution is 0.0635. The predicted octanol–water partition coefficient (Wildman–Crippen LogP) is 3.92. The van der Waals surface area contributed by atoms with E-state index in [4.69, 9.17) is 4.74 Å². The number of rotatable bonds is 5. The summed E-state index contributed by atoms with van der Waals surface area (Å²) in [5, 5.41) is 0. The molecule has 2 rings (SSSR count). The Kier molecular flexibility index (Phi) is 5.40. The lowest BCUT2D eigenvalue weighted by Gasteiger charge is -2.38. The number of carbonyl (C=O) groups excluding carboxylic acids is 1. The van der Waals surface area contributed by atoms with Crippen molar-refractivity contribution >= 4 is 5.78 Å². The predicted molar refractivity (Wildman–Crippen MR) is 86.1 cm³/mol. The molecule has 3 nitrogen and oxygen atoms in total. The topological polar surface area (TPSA) is 29.5 Å². The summed E-state index contributed by atoms with van der Waals surface area (Å²) < 4.78 is 5.46. The molecule has 0 saturated heterocycles. The maximum absolute atomic E-state index is 13.1. The zero-order valence-corrected chi connectivity index (χ0v) is 13.5. The zero-order chi connectivity index (χ0) is 15.3. The fraction of sp³-hybridized carbons (Fsp3) is 0.611. The smallest absolute Gasteiger partial charge is 0.183 e. The van der Waals surface area contributed by atoms with Crippen molar-refractivity contribution in [3.8, 4) is 5.75 Å². The average Bonchev–Trinajstić information content (AvgIpc) is 2.74. The maximum atomic E-state index is 13.1. The Balaban J connectivity index is 2.25. The first-order chi connectivity index (χ1) is 10.1. The first-order valence-electron chi connectivity index (χ1n) is 8.05. The second kappa shape index (κ2) is 7.08. The molecule has 1 saturated carbocycles. The lowest BCUT2D eigenvalue weighted by atomic mass is 9.81. The van der Waals surface area contributed by atoms with Gasteiger partial charge in [-0.05, 0) is 58.1 Å². The minimum Gasteiger partial charge on any atom is -0.494 e. The van der Waals surface area contributed by atoms with E-state index in [2.05, 4.69) is 4.90 Å². The van der Waals surface area contributed by atoms with Gasteiger partial charge in [-0.15, -0.1) is 0 Å². The van der Waals surface area contributed by atoms with Gasteiger partial charge in [-0.3, -0.25) is 9.69 Å². The zero-order valence-electron chi connectivity index (χ0n) is 13.5. The highest BCUT2D eigenvalue weighted by atomic mass is 16.5. The van der Waals surface area contributed by atoms with Gasteiger partial charge in [0.25, 0.3) is 0 Å². The molecule has 1 aliphatic carbocycles. The van der Waals surface area contributed by atoms with Gasteiger partial charge in [0.2, 0.25) is 0 Å². The van der Waals surface area contributed by atoms with Gasteiger partial charge >= 0.3 is 0 Å². The molecule has 21 heavy (non-hydrogen) atoms. The third-order valence-corrected chi connectivity index (χ3v) is 4.64. The second-order valence-electron chi connectivity index (χ2n) is 6.13. The number of benzene rings is 1. The SMILES string of the molecule is CCOc1ccc(C(=O)C2(N(C)C)CCCCCC2)cc1. The molecule has 0 bridgehead atoms. The number of likely N-dealkylation sites (N-methyl/N-ethyl adjacent to an activating group) is 1. The third kappa shape index (κ3) is 3.46. The normalized spacial score (nSPS) is 18.3. The van der Waals surface area contributed by atoms with Crippen LogP contribution in [0.4, 0.5) is 0 Å². The van der Waals surface area contributed by atoms with Crippen LogP contribution in [0, 0.1) is 0 Å². The van der Waals surface area contributed by atoms with E-state index in [1.807, 2.05) is 45.3 Å². The Hall–Kier alpha value is -1.35. The first-order valence-corrected chi connectivity index (χ1v) is 8.05. The molecule has 0 atom stereocenters. The molecule has 0 radical (unpaired) electrons. The van der Waals surface area contributed by atoms with E-state index in [-0.39, 0.29) is 11.3 Å². The van der Waals surface area contributed by atoms with Crippen LogP contribution >= 0.6 is 0 Å². The number of nitrogens with zero attached hydrogens (tertiary/aromatic N) is 1. The van der Waals surface area contributed by atoms with Crippen molar-refractivity contribution in [3.05, 3.63) is 29.8 Å².